The van der Waals surface area contributed by atoms with Crippen molar-refractivity contribution in [3.05, 3.63) is 59.4 Å². The average molecular weight is 368 g/mol. The molecule has 1 saturated carbocycles. The molecule has 2 aliphatic rings. The molecule has 2 fully saturated rings. The first-order chi connectivity index (χ1) is 13.1. The first kappa shape index (κ1) is 17.6. The van der Waals surface area contributed by atoms with Gasteiger partial charge in [-0.2, -0.15) is 0 Å². The van der Waals surface area contributed by atoms with E-state index in [1.54, 1.807) is 40.4 Å². The number of carbonyl (C=O) groups excluding carboxylic acids is 2. The summed E-state index contributed by atoms with van der Waals surface area (Å²) >= 11 is 0. The van der Waals surface area contributed by atoms with E-state index in [0.717, 1.165) is 18.7 Å². The zero-order chi connectivity index (χ0) is 18.8. The predicted molar refractivity (Wildman–Crippen MR) is 96.6 cm³/mol. The van der Waals surface area contributed by atoms with E-state index in [9.17, 15) is 14.0 Å². The van der Waals surface area contributed by atoms with Crippen molar-refractivity contribution in [1.82, 2.24) is 19.8 Å². The molecular weight excluding hydrogens is 347 g/mol. The summed E-state index contributed by atoms with van der Waals surface area (Å²) in [6.07, 6.45) is 5.47. The van der Waals surface area contributed by atoms with Crippen LogP contribution in [0, 0.1) is 5.82 Å². The molecule has 0 unspecified atom stereocenters. The van der Waals surface area contributed by atoms with Gasteiger partial charge in [-0.05, 0) is 24.5 Å². The second-order valence-electron chi connectivity index (χ2n) is 7.05. The molecular formula is C20H21FN4O2. The molecule has 0 atom stereocenters. The van der Waals surface area contributed by atoms with Gasteiger partial charge in [-0.1, -0.05) is 18.2 Å². The molecule has 0 spiro atoms. The summed E-state index contributed by atoms with van der Waals surface area (Å²) in [6, 6.07) is 6.31. The van der Waals surface area contributed by atoms with E-state index in [-0.39, 0.29) is 24.1 Å². The quantitative estimate of drug-likeness (QED) is 0.828. The van der Waals surface area contributed by atoms with Crippen molar-refractivity contribution in [2.24, 2.45) is 0 Å². The van der Waals surface area contributed by atoms with Crippen LogP contribution >= 0.6 is 0 Å². The van der Waals surface area contributed by atoms with Gasteiger partial charge in [0.25, 0.3) is 5.91 Å². The fraction of sp³-hybridized carbons (Fsp3) is 0.400. The highest BCUT2D eigenvalue weighted by molar-refractivity contribution is 5.93. The molecule has 0 bridgehead atoms. The van der Waals surface area contributed by atoms with E-state index >= 15 is 0 Å². The van der Waals surface area contributed by atoms with Crippen molar-refractivity contribution in [2.45, 2.75) is 25.2 Å². The van der Waals surface area contributed by atoms with Crippen LogP contribution in [0.5, 0.6) is 0 Å². The van der Waals surface area contributed by atoms with Crippen LogP contribution < -0.4 is 0 Å². The van der Waals surface area contributed by atoms with E-state index in [1.807, 2.05) is 0 Å². The normalized spacial score (nSPS) is 17.1. The van der Waals surface area contributed by atoms with Crippen LogP contribution in [-0.2, 0) is 11.2 Å². The SMILES string of the molecule is O=C(Cc1ccccc1F)N1CCN(C(=O)c2cnc(C3CC3)nc2)CC1. The molecule has 4 rings (SSSR count). The molecule has 0 radical (unpaired) electrons. The summed E-state index contributed by atoms with van der Waals surface area (Å²) in [7, 11) is 0. The van der Waals surface area contributed by atoms with E-state index in [2.05, 4.69) is 9.97 Å². The van der Waals surface area contributed by atoms with Crippen LogP contribution in [0.25, 0.3) is 0 Å². The lowest BCUT2D eigenvalue weighted by Crippen LogP contribution is -2.51. The maximum absolute atomic E-state index is 13.7. The Balaban J connectivity index is 1.32. The van der Waals surface area contributed by atoms with Crippen molar-refractivity contribution in [2.75, 3.05) is 26.2 Å². The van der Waals surface area contributed by atoms with E-state index in [1.165, 1.54) is 6.07 Å². The van der Waals surface area contributed by atoms with E-state index in [0.29, 0.717) is 43.2 Å². The zero-order valence-electron chi connectivity index (χ0n) is 15.0. The van der Waals surface area contributed by atoms with Gasteiger partial charge in [0.2, 0.25) is 5.91 Å². The summed E-state index contributed by atoms with van der Waals surface area (Å²) in [5.74, 6) is 0.672. The molecule has 2 heterocycles. The molecule has 0 N–H and O–H groups in total. The molecule has 7 heteroatoms. The smallest absolute Gasteiger partial charge is 0.257 e. The minimum Gasteiger partial charge on any atom is -0.339 e. The van der Waals surface area contributed by atoms with Gasteiger partial charge in [-0.15, -0.1) is 0 Å². The van der Waals surface area contributed by atoms with Gasteiger partial charge in [0.1, 0.15) is 11.6 Å². The van der Waals surface area contributed by atoms with Crippen molar-refractivity contribution in [3.63, 3.8) is 0 Å². The van der Waals surface area contributed by atoms with Gasteiger partial charge in [-0.25, -0.2) is 14.4 Å². The summed E-state index contributed by atoms with van der Waals surface area (Å²) < 4.78 is 13.7. The number of nitrogens with zero attached hydrogens (tertiary/aromatic N) is 4. The largest absolute Gasteiger partial charge is 0.339 e. The van der Waals surface area contributed by atoms with Crippen LogP contribution in [0.4, 0.5) is 4.39 Å². The molecule has 1 saturated heterocycles. The van der Waals surface area contributed by atoms with Crippen molar-refractivity contribution >= 4 is 11.8 Å². The van der Waals surface area contributed by atoms with Crippen LogP contribution in [0.15, 0.2) is 36.7 Å². The van der Waals surface area contributed by atoms with Gasteiger partial charge >= 0.3 is 0 Å². The number of hydrogen-bond donors (Lipinski definition) is 0. The van der Waals surface area contributed by atoms with E-state index in [4.69, 9.17) is 0 Å². The summed E-state index contributed by atoms with van der Waals surface area (Å²) in [5, 5.41) is 0. The highest BCUT2D eigenvalue weighted by atomic mass is 19.1. The third kappa shape index (κ3) is 3.97. The Hall–Kier alpha value is -2.83. The molecule has 2 amide bonds. The van der Waals surface area contributed by atoms with Gasteiger partial charge < -0.3 is 9.80 Å². The Morgan fingerprint density at radius 3 is 2.26 bits per heavy atom. The molecule has 27 heavy (non-hydrogen) atoms. The molecule has 1 aliphatic carbocycles. The van der Waals surface area contributed by atoms with Gasteiger partial charge in [0.05, 0.1) is 12.0 Å². The Labute approximate surface area is 157 Å². The van der Waals surface area contributed by atoms with Gasteiger partial charge in [0.15, 0.2) is 0 Å². The fourth-order valence-electron chi connectivity index (χ4n) is 3.26. The Morgan fingerprint density at radius 2 is 1.63 bits per heavy atom. The molecule has 2 aromatic rings. The lowest BCUT2D eigenvalue weighted by molar-refractivity contribution is -0.132. The van der Waals surface area contributed by atoms with Crippen molar-refractivity contribution < 1.29 is 14.0 Å². The number of benzene rings is 1. The van der Waals surface area contributed by atoms with Crippen molar-refractivity contribution in [1.29, 1.82) is 0 Å². The number of halogens is 1. The maximum Gasteiger partial charge on any atom is 0.257 e. The lowest BCUT2D eigenvalue weighted by Gasteiger charge is -2.34. The summed E-state index contributed by atoms with van der Waals surface area (Å²) in [6.45, 7) is 1.79. The molecule has 6 nitrogen and oxygen atoms in total. The average Bonchev–Trinajstić information content (AvgIpc) is 3.55. The van der Waals surface area contributed by atoms with Crippen LogP contribution in [0.3, 0.4) is 0 Å². The number of aromatic nitrogens is 2. The molecule has 140 valence electrons. The number of amides is 2. The van der Waals surface area contributed by atoms with Crippen molar-refractivity contribution in [3.8, 4) is 0 Å². The highest BCUT2D eigenvalue weighted by Crippen LogP contribution is 2.37. The summed E-state index contributed by atoms with van der Waals surface area (Å²) in [4.78, 5) is 37.0. The lowest BCUT2D eigenvalue weighted by atomic mass is 10.1. The van der Waals surface area contributed by atoms with E-state index < -0.39 is 0 Å². The first-order valence-corrected chi connectivity index (χ1v) is 9.24. The first-order valence-electron chi connectivity index (χ1n) is 9.24. The number of carbonyl (C=O) groups is 2. The molecule has 1 aromatic heterocycles. The zero-order valence-corrected chi connectivity index (χ0v) is 15.0. The van der Waals surface area contributed by atoms with Gasteiger partial charge in [0, 0.05) is 44.5 Å². The second-order valence-corrected chi connectivity index (χ2v) is 7.05. The fourth-order valence-corrected chi connectivity index (χ4v) is 3.26. The topological polar surface area (TPSA) is 66.4 Å². The second kappa shape index (κ2) is 7.42. The standard InChI is InChI=1S/C20H21FN4O2/c21-17-4-2-1-3-15(17)11-18(26)24-7-9-25(10-8-24)20(27)16-12-22-19(23-13-16)14-5-6-14/h1-4,12-14H,5-11H2. The third-order valence-corrected chi connectivity index (χ3v) is 5.08. The Kier molecular flexibility index (Phi) is 4.83. The summed E-state index contributed by atoms with van der Waals surface area (Å²) in [5.41, 5.74) is 0.874. The minimum atomic E-state index is -0.366. The molecule has 1 aliphatic heterocycles. The van der Waals surface area contributed by atoms with Crippen LogP contribution in [0.1, 0.15) is 40.5 Å². The molecule has 1 aromatic carbocycles. The third-order valence-electron chi connectivity index (χ3n) is 5.08. The van der Waals surface area contributed by atoms with Crippen LogP contribution in [-0.4, -0.2) is 57.8 Å². The Morgan fingerprint density at radius 1 is 1.00 bits per heavy atom. The minimum absolute atomic E-state index is 0.0388. The monoisotopic (exact) mass is 368 g/mol. The predicted octanol–water partition coefficient (Wildman–Crippen LogP) is 2.02. The highest BCUT2D eigenvalue weighted by Gasteiger charge is 2.28. The van der Waals surface area contributed by atoms with Gasteiger partial charge in [-0.3, -0.25) is 9.59 Å². The Bertz CT molecular complexity index is 843. The van der Waals surface area contributed by atoms with Crippen LogP contribution in [0.2, 0.25) is 0 Å². The number of hydrogen-bond acceptors (Lipinski definition) is 4. The number of rotatable bonds is 4. The maximum atomic E-state index is 13.7. The number of piperazine rings is 1.